The molecule has 10 heteroatoms. The van der Waals surface area contributed by atoms with Gasteiger partial charge in [0.05, 0.1) is 23.5 Å². The van der Waals surface area contributed by atoms with Gasteiger partial charge < -0.3 is 9.73 Å². The van der Waals surface area contributed by atoms with Crippen LogP contribution in [-0.2, 0) is 30.6 Å². The first-order valence-electron chi connectivity index (χ1n) is 9.51. The fourth-order valence-electron chi connectivity index (χ4n) is 3.00. The van der Waals surface area contributed by atoms with Crippen molar-refractivity contribution < 1.29 is 17.4 Å². The Bertz CT molecular complexity index is 1010. The molecule has 7 nitrogen and oxygen atoms in total. The molecule has 0 radical (unpaired) electrons. The van der Waals surface area contributed by atoms with Crippen LogP contribution in [0.1, 0.15) is 43.0 Å². The quantitative estimate of drug-likeness (QED) is 0.630. The molecule has 0 amide bonds. The Balaban J connectivity index is 0.00000124. The van der Waals surface area contributed by atoms with Crippen molar-refractivity contribution in [2.75, 3.05) is 10.6 Å². The summed E-state index contributed by atoms with van der Waals surface area (Å²) >= 11 is 0. The number of halogens is 2. The summed E-state index contributed by atoms with van der Waals surface area (Å²) in [5.41, 5.74) is 4.41. The van der Waals surface area contributed by atoms with Gasteiger partial charge >= 0.3 is 6.43 Å². The van der Waals surface area contributed by atoms with E-state index in [0.29, 0.717) is 17.8 Å². The zero-order valence-corrected chi connectivity index (χ0v) is 17.7. The van der Waals surface area contributed by atoms with Crippen LogP contribution in [0.2, 0.25) is 0 Å². The van der Waals surface area contributed by atoms with Crippen LogP contribution in [0.4, 0.5) is 14.5 Å². The molecule has 0 spiro atoms. The third-order valence-electron chi connectivity index (χ3n) is 4.42. The molecule has 1 aliphatic heterocycles. The lowest BCUT2D eigenvalue weighted by molar-refractivity contribution is 0.116. The van der Waals surface area contributed by atoms with Crippen molar-refractivity contribution >= 4 is 16.7 Å². The normalized spacial score (nSPS) is 13.5. The highest BCUT2D eigenvalue weighted by atomic mass is 32.2. The molecule has 0 fully saturated rings. The van der Waals surface area contributed by atoms with Gasteiger partial charge in [-0.15, -0.1) is 10.2 Å². The fourth-order valence-corrected chi connectivity index (χ4v) is 3.72. The molecule has 1 aliphatic rings. The van der Waals surface area contributed by atoms with Gasteiger partial charge in [-0.2, -0.15) is 8.78 Å². The smallest absolute Gasteiger partial charge is 0.314 e. The molecule has 1 N–H and O–H groups in total. The molecule has 3 heterocycles. The largest absolute Gasteiger partial charge is 0.415 e. The van der Waals surface area contributed by atoms with Crippen LogP contribution in [0.5, 0.6) is 0 Å². The molecular weight excluding hydrogens is 412 g/mol. The molecule has 1 unspecified atom stereocenters. The number of hydrogen-bond donors (Lipinski definition) is 1. The highest BCUT2D eigenvalue weighted by Crippen LogP contribution is 2.26. The van der Waals surface area contributed by atoms with Crippen LogP contribution < -0.4 is 9.62 Å². The number of benzene rings is 1. The zero-order chi connectivity index (χ0) is 21.7. The number of hydrogen-bond acceptors (Lipinski definition) is 6. The predicted octanol–water partition coefficient (Wildman–Crippen LogP) is 4.00. The van der Waals surface area contributed by atoms with E-state index in [4.69, 9.17) is 4.42 Å². The molecule has 0 aliphatic carbocycles. The number of pyridine rings is 1. The van der Waals surface area contributed by atoms with Crippen molar-refractivity contribution in [1.29, 1.82) is 0 Å². The molecular formula is C20H23F2N5O2S. The van der Waals surface area contributed by atoms with Crippen molar-refractivity contribution in [2.24, 2.45) is 0 Å². The minimum Gasteiger partial charge on any atom is -0.415 e. The van der Waals surface area contributed by atoms with Gasteiger partial charge in [-0.3, -0.25) is 9.29 Å². The summed E-state index contributed by atoms with van der Waals surface area (Å²) in [5.74, 6) is -0.742. The third-order valence-corrected chi connectivity index (χ3v) is 5.38. The van der Waals surface area contributed by atoms with Crippen molar-refractivity contribution in [2.45, 2.75) is 39.9 Å². The summed E-state index contributed by atoms with van der Waals surface area (Å²) in [7, 11) is -1.25. The van der Waals surface area contributed by atoms with Crippen LogP contribution in [0, 0.1) is 0 Å². The zero-order valence-electron chi connectivity index (χ0n) is 16.9. The lowest BCUT2D eigenvalue weighted by Gasteiger charge is -2.22. The van der Waals surface area contributed by atoms with Gasteiger partial charge in [0.2, 0.25) is 5.89 Å². The molecule has 1 atom stereocenters. The Kier molecular flexibility index (Phi) is 7.22. The summed E-state index contributed by atoms with van der Waals surface area (Å²) in [4.78, 5) is 4.33. The number of aromatic nitrogens is 3. The fraction of sp³-hybridized carbons (Fsp3) is 0.350. The van der Waals surface area contributed by atoms with Crippen LogP contribution in [0.15, 0.2) is 40.9 Å². The molecule has 0 saturated carbocycles. The van der Waals surface area contributed by atoms with Crippen LogP contribution in [-0.4, -0.2) is 25.6 Å². The molecule has 3 aromatic rings. The molecule has 4 rings (SSSR count). The van der Waals surface area contributed by atoms with Crippen LogP contribution >= 0.6 is 0 Å². The Morgan fingerprint density at radius 2 is 1.93 bits per heavy atom. The van der Waals surface area contributed by atoms with E-state index < -0.39 is 23.3 Å². The summed E-state index contributed by atoms with van der Waals surface area (Å²) < 4.78 is 44.1. The lowest BCUT2D eigenvalue weighted by Crippen LogP contribution is -2.24. The topological polar surface area (TPSA) is 84.2 Å². The van der Waals surface area contributed by atoms with Gasteiger partial charge in [0.1, 0.15) is 11.0 Å². The van der Waals surface area contributed by atoms with Crippen LogP contribution in [0.25, 0.3) is 11.5 Å². The molecule has 0 saturated heterocycles. The summed E-state index contributed by atoms with van der Waals surface area (Å²) in [5, 5.41) is 10.2. The second-order valence-corrected chi connectivity index (χ2v) is 7.59. The van der Waals surface area contributed by atoms with Crippen molar-refractivity contribution in [3.8, 4) is 11.5 Å². The maximum absolute atomic E-state index is 12.6. The highest BCUT2D eigenvalue weighted by Gasteiger charge is 2.19. The van der Waals surface area contributed by atoms with Crippen molar-refractivity contribution in [3.63, 3.8) is 0 Å². The molecule has 2 aromatic heterocycles. The first kappa shape index (κ1) is 22.0. The van der Waals surface area contributed by atoms with E-state index in [-0.39, 0.29) is 5.89 Å². The Labute approximate surface area is 176 Å². The molecule has 0 bridgehead atoms. The standard InChI is InChI=1S/C18H17F2N5O2S.C2H6/c1-28(26)25(15-5-3-11-7-21-8-13(11)6-15)10-14-4-2-12(9-22-14)17-23-24-18(27-17)16(19)20;1-2/h2-6,9,16,21H,7-8,10H2,1H3;1-2H3. The monoisotopic (exact) mass is 435 g/mol. The van der Waals surface area contributed by atoms with E-state index in [1.807, 2.05) is 32.0 Å². The predicted molar refractivity (Wildman–Crippen MR) is 111 cm³/mol. The average Bonchev–Trinajstić information content (AvgIpc) is 3.43. The average molecular weight is 436 g/mol. The van der Waals surface area contributed by atoms with E-state index in [0.717, 1.165) is 18.8 Å². The van der Waals surface area contributed by atoms with Crippen LogP contribution in [0.3, 0.4) is 0 Å². The Morgan fingerprint density at radius 1 is 1.17 bits per heavy atom. The van der Waals surface area contributed by atoms with Crippen molar-refractivity contribution in [1.82, 2.24) is 20.5 Å². The molecule has 1 aromatic carbocycles. The second kappa shape index (κ2) is 9.86. The highest BCUT2D eigenvalue weighted by molar-refractivity contribution is 7.85. The Morgan fingerprint density at radius 3 is 2.57 bits per heavy atom. The van der Waals surface area contributed by atoms with Gasteiger partial charge in [-0.05, 0) is 35.4 Å². The number of fused-ring (bicyclic) bond motifs is 1. The summed E-state index contributed by atoms with van der Waals surface area (Å²) in [6.45, 7) is 5.98. The summed E-state index contributed by atoms with van der Waals surface area (Å²) in [6.07, 6.45) is 0.273. The Hall–Kier alpha value is -2.72. The first-order chi connectivity index (χ1) is 14.5. The first-order valence-corrected chi connectivity index (χ1v) is 11.0. The summed E-state index contributed by atoms with van der Waals surface area (Å²) in [6, 6.07) is 9.41. The maximum Gasteiger partial charge on any atom is 0.314 e. The minimum atomic E-state index is -2.82. The van der Waals surface area contributed by atoms with E-state index in [1.165, 1.54) is 17.3 Å². The lowest BCUT2D eigenvalue weighted by atomic mass is 10.1. The van der Waals surface area contributed by atoms with E-state index in [1.54, 1.807) is 22.7 Å². The second-order valence-electron chi connectivity index (χ2n) is 6.30. The van der Waals surface area contributed by atoms with Gasteiger partial charge in [-0.1, -0.05) is 19.9 Å². The number of nitrogens with zero attached hydrogens (tertiary/aromatic N) is 4. The van der Waals surface area contributed by atoms with E-state index in [9.17, 15) is 13.0 Å². The number of nitrogens with one attached hydrogen (secondary N) is 1. The number of anilines is 1. The van der Waals surface area contributed by atoms with Gasteiger partial charge in [-0.25, -0.2) is 4.21 Å². The SMILES string of the molecule is CC.CS(=O)N(Cc1ccc(-c2nnc(C(F)F)o2)cn1)c1ccc2c(c1)CNC2. The molecule has 30 heavy (non-hydrogen) atoms. The van der Waals surface area contributed by atoms with E-state index in [2.05, 4.69) is 20.5 Å². The minimum absolute atomic E-state index is 0.0172. The molecule has 160 valence electrons. The number of rotatable bonds is 6. The van der Waals surface area contributed by atoms with Gasteiger partial charge in [0, 0.05) is 25.5 Å². The maximum atomic E-state index is 12.6. The van der Waals surface area contributed by atoms with Gasteiger partial charge in [0.15, 0.2) is 0 Å². The van der Waals surface area contributed by atoms with Gasteiger partial charge in [0.25, 0.3) is 5.89 Å². The third kappa shape index (κ3) is 4.88. The van der Waals surface area contributed by atoms with E-state index >= 15 is 0 Å². The van der Waals surface area contributed by atoms with Crippen molar-refractivity contribution in [3.05, 3.63) is 59.2 Å². The number of alkyl halides is 2.